The Labute approximate surface area is 135 Å². The molecule has 0 amide bonds. The Morgan fingerprint density at radius 1 is 0.720 bits per heavy atom. The normalized spacial score (nSPS) is 16.2. The lowest BCUT2D eigenvalue weighted by Gasteiger charge is -2.37. The van der Waals surface area contributed by atoms with Crippen LogP contribution in [0.25, 0.3) is 0 Å². The number of hydrogen-bond acceptors (Lipinski definition) is 2. The Kier molecular flexibility index (Phi) is 7.54. The van der Waals surface area contributed by atoms with E-state index in [-0.39, 0.29) is 6.61 Å². The predicted molar refractivity (Wildman–Crippen MR) is 62.1 cm³/mol. The summed E-state index contributed by atoms with van der Waals surface area (Å²) in [5, 5.41) is 0. The standard InChI is InChI=1S/C12H15F11O2/c1-3-4-5-24-7(2)25-6-8(13,14)9(15,16)10(17,18)11(19,20)12(21,22)23/h7H,3-6H2,1-2H3. The summed E-state index contributed by atoms with van der Waals surface area (Å²) in [6, 6.07) is 0. The molecule has 13 heteroatoms. The molecule has 25 heavy (non-hydrogen) atoms. The van der Waals surface area contributed by atoms with Crippen molar-refractivity contribution in [1.82, 2.24) is 0 Å². The van der Waals surface area contributed by atoms with E-state index in [1.54, 1.807) is 6.92 Å². The molecule has 152 valence electrons. The summed E-state index contributed by atoms with van der Waals surface area (Å²) in [4.78, 5) is 0. The van der Waals surface area contributed by atoms with Crippen molar-refractivity contribution in [2.24, 2.45) is 0 Å². The van der Waals surface area contributed by atoms with Crippen molar-refractivity contribution in [3.63, 3.8) is 0 Å². The van der Waals surface area contributed by atoms with Crippen LogP contribution in [0.5, 0.6) is 0 Å². The van der Waals surface area contributed by atoms with E-state index in [0.29, 0.717) is 12.8 Å². The van der Waals surface area contributed by atoms with Crippen LogP contribution in [0.1, 0.15) is 26.7 Å². The van der Waals surface area contributed by atoms with E-state index in [1.807, 2.05) is 0 Å². The third kappa shape index (κ3) is 4.86. The van der Waals surface area contributed by atoms with Gasteiger partial charge in [0.25, 0.3) is 0 Å². The number of ether oxygens (including phenoxy) is 2. The smallest absolute Gasteiger partial charge is 0.353 e. The number of rotatable bonds is 10. The molecule has 0 bridgehead atoms. The van der Waals surface area contributed by atoms with Gasteiger partial charge in [-0.1, -0.05) is 13.3 Å². The lowest BCUT2D eigenvalue weighted by molar-refractivity contribution is -0.425. The number of alkyl halides is 11. The lowest BCUT2D eigenvalue weighted by atomic mass is 9.98. The molecule has 0 radical (unpaired) electrons. The highest BCUT2D eigenvalue weighted by atomic mass is 19.4. The van der Waals surface area contributed by atoms with Crippen LogP contribution in [-0.2, 0) is 9.47 Å². The molecule has 1 unspecified atom stereocenters. The molecule has 0 fully saturated rings. The second kappa shape index (κ2) is 7.80. The second-order valence-corrected chi connectivity index (χ2v) is 5.03. The van der Waals surface area contributed by atoms with Gasteiger partial charge >= 0.3 is 29.9 Å². The molecule has 0 aliphatic rings. The zero-order valence-electron chi connectivity index (χ0n) is 12.9. The summed E-state index contributed by atoms with van der Waals surface area (Å²) in [6.45, 7) is 0.0115. The quantitative estimate of drug-likeness (QED) is 0.283. The van der Waals surface area contributed by atoms with Crippen LogP contribution in [0.2, 0.25) is 0 Å². The first-order valence-corrected chi connectivity index (χ1v) is 6.77. The van der Waals surface area contributed by atoms with Crippen LogP contribution >= 0.6 is 0 Å². The first kappa shape index (κ1) is 24.1. The molecule has 2 nitrogen and oxygen atoms in total. The summed E-state index contributed by atoms with van der Waals surface area (Å²) < 4.78 is 148. The van der Waals surface area contributed by atoms with Crippen molar-refractivity contribution >= 4 is 0 Å². The minimum Gasteiger partial charge on any atom is -0.353 e. The Bertz CT molecular complexity index is 420. The van der Waals surface area contributed by atoms with Gasteiger partial charge in [-0.05, 0) is 13.3 Å². The maximum Gasteiger partial charge on any atom is 0.460 e. The molecule has 0 aromatic rings. The van der Waals surface area contributed by atoms with Gasteiger partial charge in [-0.3, -0.25) is 0 Å². The molecule has 0 rings (SSSR count). The monoisotopic (exact) mass is 400 g/mol. The van der Waals surface area contributed by atoms with Gasteiger partial charge in [0.2, 0.25) is 0 Å². The minimum absolute atomic E-state index is 0.0675. The van der Waals surface area contributed by atoms with Crippen molar-refractivity contribution < 1.29 is 57.8 Å². The first-order valence-electron chi connectivity index (χ1n) is 6.77. The van der Waals surface area contributed by atoms with Crippen molar-refractivity contribution in [1.29, 1.82) is 0 Å². The van der Waals surface area contributed by atoms with Crippen LogP contribution < -0.4 is 0 Å². The van der Waals surface area contributed by atoms with Gasteiger partial charge in [0.15, 0.2) is 6.29 Å². The van der Waals surface area contributed by atoms with E-state index >= 15 is 0 Å². The Hall–Kier alpha value is -0.850. The highest BCUT2D eigenvalue weighted by molar-refractivity contribution is 5.06. The van der Waals surface area contributed by atoms with Crippen LogP contribution in [0.4, 0.5) is 48.3 Å². The molecule has 1 atom stereocenters. The van der Waals surface area contributed by atoms with Gasteiger partial charge in [0.1, 0.15) is 6.61 Å². The third-order valence-corrected chi connectivity index (χ3v) is 2.95. The maximum atomic E-state index is 13.3. The van der Waals surface area contributed by atoms with Crippen molar-refractivity contribution in [3.8, 4) is 0 Å². The fourth-order valence-corrected chi connectivity index (χ4v) is 1.36. The van der Waals surface area contributed by atoms with Crippen LogP contribution in [0.15, 0.2) is 0 Å². The molecule has 0 N–H and O–H groups in total. The van der Waals surface area contributed by atoms with Crippen molar-refractivity contribution in [2.75, 3.05) is 13.2 Å². The zero-order chi connectivity index (χ0) is 20.3. The van der Waals surface area contributed by atoms with E-state index in [2.05, 4.69) is 9.47 Å². The molecule has 0 spiro atoms. The maximum absolute atomic E-state index is 13.3. The topological polar surface area (TPSA) is 18.5 Å². The molecule has 0 aromatic carbocycles. The summed E-state index contributed by atoms with van der Waals surface area (Å²) in [6.07, 6.45) is -7.77. The Balaban J connectivity index is 5.26. The zero-order valence-corrected chi connectivity index (χ0v) is 12.9. The van der Waals surface area contributed by atoms with E-state index in [9.17, 15) is 48.3 Å². The number of hydrogen-bond donors (Lipinski definition) is 0. The summed E-state index contributed by atoms with van der Waals surface area (Å²) >= 11 is 0. The first-order chi connectivity index (χ1) is 11.0. The average molecular weight is 400 g/mol. The minimum atomic E-state index is -7.42. The Morgan fingerprint density at radius 2 is 1.20 bits per heavy atom. The van der Waals surface area contributed by atoms with Gasteiger partial charge in [-0.2, -0.15) is 48.3 Å². The predicted octanol–water partition coefficient (Wildman–Crippen LogP) is 5.27. The molecule has 0 aliphatic heterocycles. The van der Waals surface area contributed by atoms with E-state index < -0.39 is 42.8 Å². The fourth-order valence-electron chi connectivity index (χ4n) is 1.36. The fraction of sp³-hybridized carbons (Fsp3) is 1.00. The van der Waals surface area contributed by atoms with Gasteiger partial charge in [0, 0.05) is 6.61 Å². The van der Waals surface area contributed by atoms with E-state index in [1.165, 1.54) is 0 Å². The second-order valence-electron chi connectivity index (χ2n) is 5.03. The SMILES string of the molecule is CCCCOC(C)OCC(F)(F)C(F)(F)C(F)(F)C(F)(F)C(F)(F)F. The van der Waals surface area contributed by atoms with Crippen LogP contribution in [0.3, 0.4) is 0 Å². The molecule has 0 saturated heterocycles. The van der Waals surface area contributed by atoms with Gasteiger partial charge in [0.05, 0.1) is 0 Å². The molecule has 0 aliphatic carbocycles. The van der Waals surface area contributed by atoms with Gasteiger partial charge < -0.3 is 9.47 Å². The molecule has 0 heterocycles. The molecular formula is C12H15F11O2. The summed E-state index contributed by atoms with van der Waals surface area (Å²) in [7, 11) is 0. The number of halogens is 11. The van der Waals surface area contributed by atoms with Gasteiger partial charge in [-0.25, -0.2) is 0 Å². The lowest BCUT2D eigenvalue weighted by Crippen LogP contribution is -2.67. The van der Waals surface area contributed by atoms with E-state index in [0.717, 1.165) is 6.92 Å². The van der Waals surface area contributed by atoms with Crippen molar-refractivity contribution in [3.05, 3.63) is 0 Å². The van der Waals surface area contributed by atoms with Crippen LogP contribution in [-0.4, -0.2) is 49.4 Å². The van der Waals surface area contributed by atoms with Crippen molar-refractivity contribution in [2.45, 2.75) is 62.8 Å². The average Bonchev–Trinajstić information content (AvgIpc) is 2.43. The molecular weight excluding hydrogens is 385 g/mol. The summed E-state index contributed by atoms with van der Waals surface area (Å²) in [5.74, 6) is -27.9. The van der Waals surface area contributed by atoms with Gasteiger partial charge in [-0.15, -0.1) is 0 Å². The third-order valence-electron chi connectivity index (χ3n) is 2.95. The largest absolute Gasteiger partial charge is 0.460 e. The highest BCUT2D eigenvalue weighted by Gasteiger charge is 2.87. The molecule has 0 aromatic heterocycles. The Morgan fingerprint density at radius 3 is 1.60 bits per heavy atom. The van der Waals surface area contributed by atoms with Crippen LogP contribution in [0, 0.1) is 0 Å². The molecule has 0 saturated carbocycles. The summed E-state index contributed by atoms with van der Waals surface area (Å²) in [5.41, 5.74) is 0. The van der Waals surface area contributed by atoms with E-state index in [4.69, 9.17) is 0 Å². The number of unbranched alkanes of at least 4 members (excludes halogenated alkanes) is 1. The highest BCUT2D eigenvalue weighted by Crippen LogP contribution is 2.57.